The molecule has 1 heteroatoms. The van der Waals surface area contributed by atoms with Gasteiger partial charge >= 0.3 is 0 Å². The molecule has 0 heterocycles. The first-order valence-electron chi connectivity index (χ1n) is 4.88. The lowest BCUT2D eigenvalue weighted by molar-refractivity contribution is 0.581. The minimum absolute atomic E-state index is 0.0593. The van der Waals surface area contributed by atoms with Crippen molar-refractivity contribution in [1.82, 2.24) is 0 Å². The highest BCUT2D eigenvalue weighted by Crippen LogP contribution is 2.21. The highest BCUT2D eigenvalue weighted by atomic mass is 19.1. The SMILES string of the molecule is CCCCCC1=CCCC(F)=C1. The zero-order valence-corrected chi connectivity index (χ0v) is 7.78. The Morgan fingerprint density at radius 3 is 2.92 bits per heavy atom. The summed E-state index contributed by atoms with van der Waals surface area (Å²) in [5, 5.41) is 0. The first-order chi connectivity index (χ1) is 5.83. The number of hydrogen-bond acceptors (Lipinski definition) is 0. The lowest BCUT2D eigenvalue weighted by Crippen LogP contribution is -1.89. The summed E-state index contributed by atoms with van der Waals surface area (Å²) in [6.07, 6.45) is 10.1. The molecule has 0 saturated carbocycles. The normalized spacial score (nSPS) is 17.2. The number of rotatable bonds is 4. The van der Waals surface area contributed by atoms with Gasteiger partial charge in [-0.2, -0.15) is 0 Å². The first kappa shape index (κ1) is 9.50. The van der Waals surface area contributed by atoms with Gasteiger partial charge in [0.05, 0.1) is 0 Å². The maximum Gasteiger partial charge on any atom is 0.100 e. The molecule has 1 aliphatic carbocycles. The third-order valence-electron chi connectivity index (χ3n) is 2.20. The first-order valence-corrected chi connectivity index (χ1v) is 4.88. The largest absolute Gasteiger partial charge is 0.212 e. The molecule has 0 spiro atoms. The molecule has 12 heavy (non-hydrogen) atoms. The quantitative estimate of drug-likeness (QED) is 0.553. The molecule has 0 fully saturated rings. The van der Waals surface area contributed by atoms with Crippen molar-refractivity contribution in [2.75, 3.05) is 0 Å². The molecule has 0 aromatic carbocycles. The van der Waals surface area contributed by atoms with Crippen LogP contribution in [0.4, 0.5) is 4.39 Å². The fourth-order valence-corrected chi connectivity index (χ4v) is 1.48. The van der Waals surface area contributed by atoms with E-state index in [1.807, 2.05) is 0 Å². The van der Waals surface area contributed by atoms with Crippen LogP contribution >= 0.6 is 0 Å². The van der Waals surface area contributed by atoms with Crippen LogP contribution in [0.2, 0.25) is 0 Å². The van der Waals surface area contributed by atoms with Crippen molar-refractivity contribution in [3.05, 3.63) is 23.6 Å². The summed E-state index contributed by atoms with van der Waals surface area (Å²) < 4.78 is 12.8. The number of hydrogen-bond donors (Lipinski definition) is 0. The Balaban J connectivity index is 2.27. The molecular weight excluding hydrogens is 151 g/mol. The van der Waals surface area contributed by atoms with Crippen LogP contribution in [0.5, 0.6) is 0 Å². The van der Waals surface area contributed by atoms with Crippen molar-refractivity contribution in [3.8, 4) is 0 Å². The Hall–Kier alpha value is -0.590. The summed E-state index contributed by atoms with van der Waals surface area (Å²) >= 11 is 0. The van der Waals surface area contributed by atoms with Crippen molar-refractivity contribution in [1.29, 1.82) is 0 Å². The third-order valence-corrected chi connectivity index (χ3v) is 2.20. The van der Waals surface area contributed by atoms with E-state index in [0.29, 0.717) is 6.42 Å². The van der Waals surface area contributed by atoms with Gasteiger partial charge in [0.15, 0.2) is 0 Å². The molecule has 1 aliphatic rings. The molecule has 0 aliphatic heterocycles. The van der Waals surface area contributed by atoms with E-state index in [0.717, 1.165) is 12.8 Å². The van der Waals surface area contributed by atoms with E-state index in [1.54, 1.807) is 6.08 Å². The zero-order chi connectivity index (χ0) is 8.81. The average Bonchev–Trinajstić information content (AvgIpc) is 2.05. The topological polar surface area (TPSA) is 0 Å². The van der Waals surface area contributed by atoms with Gasteiger partial charge in [0.25, 0.3) is 0 Å². The van der Waals surface area contributed by atoms with Crippen molar-refractivity contribution in [3.63, 3.8) is 0 Å². The molecule has 0 amide bonds. The van der Waals surface area contributed by atoms with E-state index >= 15 is 0 Å². The molecule has 0 aromatic heterocycles. The summed E-state index contributed by atoms with van der Waals surface area (Å²) in [7, 11) is 0. The Labute approximate surface area is 74.2 Å². The lowest BCUT2D eigenvalue weighted by atomic mass is 10.0. The van der Waals surface area contributed by atoms with Crippen LogP contribution in [0.15, 0.2) is 23.6 Å². The summed E-state index contributed by atoms with van der Waals surface area (Å²) in [5.41, 5.74) is 1.20. The van der Waals surface area contributed by atoms with E-state index in [2.05, 4.69) is 13.0 Å². The molecule has 0 aromatic rings. The number of allylic oxidation sites excluding steroid dienone is 4. The molecule has 0 bridgehead atoms. The molecule has 0 saturated heterocycles. The molecule has 0 radical (unpaired) electrons. The van der Waals surface area contributed by atoms with Gasteiger partial charge in [-0.05, 0) is 30.9 Å². The van der Waals surface area contributed by atoms with E-state index in [-0.39, 0.29) is 5.83 Å². The van der Waals surface area contributed by atoms with E-state index in [9.17, 15) is 4.39 Å². The van der Waals surface area contributed by atoms with Crippen LogP contribution in [0.3, 0.4) is 0 Å². The Morgan fingerprint density at radius 1 is 1.42 bits per heavy atom. The molecule has 1 rings (SSSR count). The van der Waals surface area contributed by atoms with Gasteiger partial charge < -0.3 is 0 Å². The van der Waals surface area contributed by atoms with Crippen molar-refractivity contribution in [2.45, 2.75) is 45.4 Å². The minimum atomic E-state index is 0.0593. The average molecular weight is 168 g/mol. The highest BCUT2D eigenvalue weighted by molar-refractivity contribution is 5.24. The van der Waals surface area contributed by atoms with Gasteiger partial charge in [-0.25, -0.2) is 4.39 Å². The fourth-order valence-electron chi connectivity index (χ4n) is 1.48. The van der Waals surface area contributed by atoms with Crippen LogP contribution in [0, 0.1) is 0 Å². The second-order valence-electron chi connectivity index (χ2n) is 3.37. The zero-order valence-electron chi connectivity index (χ0n) is 7.78. The Bertz CT molecular complexity index is 189. The van der Waals surface area contributed by atoms with Gasteiger partial charge in [0.2, 0.25) is 0 Å². The molecule has 0 atom stereocenters. The van der Waals surface area contributed by atoms with E-state index < -0.39 is 0 Å². The standard InChI is InChI=1S/C11H17F/c1-2-3-4-6-10-7-5-8-11(12)9-10/h7,9H,2-6,8H2,1H3. The van der Waals surface area contributed by atoms with Gasteiger partial charge in [0, 0.05) is 6.42 Å². The Morgan fingerprint density at radius 2 is 2.25 bits per heavy atom. The molecular formula is C11H17F. The minimum Gasteiger partial charge on any atom is -0.212 e. The van der Waals surface area contributed by atoms with Crippen molar-refractivity contribution >= 4 is 0 Å². The van der Waals surface area contributed by atoms with Gasteiger partial charge in [0.1, 0.15) is 5.83 Å². The van der Waals surface area contributed by atoms with Gasteiger partial charge in [-0.1, -0.05) is 25.8 Å². The summed E-state index contributed by atoms with van der Waals surface area (Å²) in [6.45, 7) is 2.19. The molecule has 68 valence electrons. The number of unbranched alkanes of at least 4 members (excludes halogenated alkanes) is 2. The van der Waals surface area contributed by atoms with Crippen LogP contribution in [0.1, 0.15) is 45.4 Å². The predicted molar refractivity (Wildman–Crippen MR) is 50.7 cm³/mol. The smallest absolute Gasteiger partial charge is 0.100 e. The molecule has 0 N–H and O–H groups in total. The van der Waals surface area contributed by atoms with Crippen LogP contribution < -0.4 is 0 Å². The Kier molecular flexibility index (Phi) is 4.06. The van der Waals surface area contributed by atoms with Gasteiger partial charge in [-0.15, -0.1) is 0 Å². The molecule has 0 unspecified atom stereocenters. The van der Waals surface area contributed by atoms with Crippen LogP contribution in [0.25, 0.3) is 0 Å². The monoisotopic (exact) mass is 168 g/mol. The lowest BCUT2D eigenvalue weighted by Gasteiger charge is -2.07. The van der Waals surface area contributed by atoms with Gasteiger partial charge in [-0.3, -0.25) is 0 Å². The summed E-state index contributed by atoms with van der Waals surface area (Å²) in [5.74, 6) is 0.0593. The van der Waals surface area contributed by atoms with Crippen molar-refractivity contribution in [2.24, 2.45) is 0 Å². The fraction of sp³-hybridized carbons (Fsp3) is 0.636. The van der Waals surface area contributed by atoms with E-state index in [4.69, 9.17) is 0 Å². The van der Waals surface area contributed by atoms with Crippen molar-refractivity contribution < 1.29 is 4.39 Å². The van der Waals surface area contributed by atoms with E-state index in [1.165, 1.54) is 24.8 Å². The number of halogens is 1. The van der Waals surface area contributed by atoms with Crippen LogP contribution in [-0.2, 0) is 0 Å². The second-order valence-corrected chi connectivity index (χ2v) is 3.37. The third kappa shape index (κ3) is 3.21. The maximum absolute atomic E-state index is 12.8. The second kappa shape index (κ2) is 5.13. The molecule has 0 nitrogen and oxygen atoms in total. The summed E-state index contributed by atoms with van der Waals surface area (Å²) in [4.78, 5) is 0. The highest BCUT2D eigenvalue weighted by Gasteiger charge is 2.03. The summed E-state index contributed by atoms with van der Waals surface area (Å²) in [6, 6.07) is 0. The predicted octanol–water partition coefficient (Wildman–Crippen LogP) is 4.14. The maximum atomic E-state index is 12.8. The van der Waals surface area contributed by atoms with Crippen LogP contribution in [-0.4, -0.2) is 0 Å².